The van der Waals surface area contributed by atoms with Crippen molar-refractivity contribution >= 4 is 17.9 Å². The summed E-state index contributed by atoms with van der Waals surface area (Å²) in [6.45, 7) is 6.37. The third-order valence-corrected chi connectivity index (χ3v) is 10.7. The minimum Gasteiger partial charge on any atom is -0.462 e. The highest BCUT2D eigenvalue weighted by Gasteiger charge is 2.19. The highest BCUT2D eigenvalue weighted by Crippen LogP contribution is 2.12. The highest BCUT2D eigenvalue weighted by molar-refractivity contribution is 5.71. The zero-order valence-electron chi connectivity index (χ0n) is 42.4. The molecule has 66 heavy (non-hydrogen) atoms. The van der Waals surface area contributed by atoms with Crippen molar-refractivity contribution in [2.75, 3.05) is 13.2 Å². The van der Waals surface area contributed by atoms with Crippen molar-refractivity contribution in [3.05, 3.63) is 122 Å². The zero-order chi connectivity index (χ0) is 47.9. The summed E-state index contributed by atoms with van der Waals surface area (Å²) in [5, 5.41) is 0. The molecule has 0 saturated carbocycles. The molecule has 0 spiro atoms. The van der Waals surface area contributed by atoms with E-state index in [0.29, 0.717) is 19.3 Å². The molecule has 0 amide bonds. The van der Waals surface area contributed by atoms with Gasteiger partial charge < -0.3 is 14.2 Å². The van der Waals surface area contributed by atoms with Crippen molar-refractivity contribution in [1.82, 2.24) is 0 Å². The van der Waals surface area contributed by atoms with Crippen molar-refractivity contribution < 1.29 is 28.6 Å². The fourth-order valence-corrected chi connectivity index (χ4v) is 6.73. The zero-order valence-corrected chi connectivity index (χ0v) is 42.4. The molecule has 0 saturated heterocycles. The van der Waals surface area contributed by atoms with Gasteiger partial charge >= 0.3 is 17.9 Å². The first-order valence-electron chi connectivity index (χ1n) is 26.5. The van der Waals surface area contributed by atoms with Crippen LogP contribution >= 0.6 is 0 Å². The van der Waals surface area contributed by atoms with Gasteiger partial charge in [-0.3, -0.25) is 14.4 Å². The molecule has 0 aromatic carbocycles. The van der Waals surface area contributed by atoms with Gasteiger partial charge in [-0.25, -0.2) is 0 Å². The third kappa shape index (κ3) is 50.8. The van der Waals surface area contributed by atoms with Crippen LogP contribution in [0.1, 0.15) is 220 Å². The van der Waals surface area contributed by atoms with Gasteiger partial charge in [0.05, 0.1) is 0 Å². The van der Waals surface area contributed by atoms with Crippen molar-refractivity contribution in [2.45, 2.75) is 226 Å². The molecule has 1 unspecified atom stereocenters. The number of carbonyl (C=O) groups is 3. The number of hydrogen-bond donors (Lipinski definition) is 0. The maximum absolute atomic E-state index is 12.7. The first-order valence-corrected chi connectivity index (χ1v) is 26.5. The lowest BCUT2D eigenvalue weighted by Crippen LogP contribution is -2.30. The molecule has 0 radical (unpaired) electrons. The second kappa shape index (κ2) is 53.4. The lowest BCUT2D eigenvalue weighted by Gasteiger charge is -2.18. The molecular weight excluding hydrogens is 817 g/mol. The number of allylic oxidation sites excluding steroid dienone is 20. The van der Waals surface area contributed by atoms with Gasteiger partial charge in [0.1, 0.15) is 13.2 Å². The van der Waals surface area contributed by atoms with Crippen LogP contribution in [-0.2, 0) is 28.6 Å². The summed E-state index contributed by atoms with van der Waals surface area (Å²) in [5.41, 5.74) is 0. The Morgan fingerprint density at radius 1 is 0.318 bits per heavy atom. The van der Waals surface area contributed by atoms with Gasteiger partial charge in [0.25, 0.3) is 0 Å². The molecule has 0 heterocycles. The molecule has 0 N–H and O–H groups in total. The Kier molecular flexibility index (Phi) is 50.0. The monoisotopic (exact) mass is 913 g/mol. The first-order chi connectivity index (χ1) is 32.5. The van der Waals surface area contributed by atoms with Crippen molar-refractivity contribution in [3.63, 3.8) is 0 Å². The van der Waals surface area contributed by atoms with E-state index in [0.717, 1.165) is 116 Å². The molecular formula is C60H96O6. The highest BCUT2D eigenvalue weighted by atomic mass is 16.6. The SMILES string of the molecule is CC/C=C\C/C=C\C/C=C\C/C=C\C/C=C\C/C=C\C/C=C\C/C=C\C/C=C\CCCC(=O)OCC(COC(=O)CCCCCCCC)OC(=O)CCCCCCC/C=C\CCCCCC. The lowest BCUT2D eigenvalue weighted by molar-refractivity contribution is -0.167. The normalized spacial score (nSPS) is 13.1. The molecule has 0 bridgehead atoms. The van der Waals surface area contributed by atoms with E-state index in [1.165, 1.54) is 57.8 Å². The van der Waals surface area contributed by atoms with Crippen molar-refractivity contribution in [3.8, 4) is 0 Å². The van der Waals surface area contributed by atoms with Gasteiger partial charge in [0.2, 0.25) is 0 Å². The molecule has 0 aliphatic heterocycles. The van der Waals surface area contributed by atoms with Gasteiger partial charge in [-0.2, -0.15) is 0 Å². The molecule has 0 fully saturated rings. The topological polar surface area (TPSA) is 78.9 Å². The number of unbranched alkanes of at least 4 members (excludes halogenated alkanes) is 15. The summed E-state index contributed by atoms with van der Waals surface area (Å²) in [7, 11) is 0. The van der Waals surface area contributed by atoms with Gasteiger partial charge in [-0.15, -0.1) is 0 Å². The number of hydrogen-bond acceptors (Lipinski definition) is 6. The Morgan fingerprint density at radius 2 is 0.606 bits per heavy atom. The lowest BCUT2D eigenvalue weighted by atomic mass is 10.1. The average molecular weight is 913 g/mol. The number of esters is 3. The van der Waals surface area contributed by atoms with Crippen molar-refractivity contribution in [1.29, 1.82) is 0 Å². The van der Waals surface area contributed by atoms with Crippen LogP contribution in [0.3, 0.4) is 0 Å². The van der Waals surface area contributed by atoms with Crippen LogP contribution in [0.25, 0.3) is 0 Å². The molecule has 0 aliphatic carbocycles. The minimum absolute atomic E-state index is 0.102. The van der Waals surface area contributed by atoms with Crippen molar-refractivity contribution in [2.24, 2.45) is 0 Å². The molecule has 0 rings (SSSR count). The Morgan fingerprint density at radius 3 is 1.02 bits per heavy atom. The molecule has 1 atom stereocenters. The second-order valence-corrected chi connectivity index (χ2v) is 17.1. The molecule has 0 aromatic rings. The number of rotatable bonds is 46. The summed E-state index contributed by atoms with van der Waals surface area (Å²) < 4.78 is 16.6. The predicted octanol–water partition coefficient (Wildman–Crippen LogP) is 17.7. The van der Waals surface area contributed by atoms with Crippen LogP contribution in [0.4, 0.5) is 0 Å². The number of carbonyl (C=O) groups excluding carboxylic acids is 3. The van der Waals surface area contributed by atoms with E-state index in [1.807, 2.05) is 0 Å². The Balaban J connectivity index is 4.29. The molecule has 6 heteroatoms. The maximum atomic E-state index is 12.7. The fraction of sp³-hybridized carbons (Fsp3) is 0.617. The van der Waals surface area contributed by atoms with Gasteiger partial charge in [0, 0.05) is 19.3 Å². The molecule has 0 aromatic heterocycles. The van der Waals surface area contributed by atoms with Crippen LogP contribution in [-0.4, -0.2) is 37.2 Å². The average Bonchev–Trinajstić information content (AvgIpc) is 3.31. The van der Waals surface area contributed by atoms with E-state index < -0.39 is 6.10 Å². The van der Waals surface area contributed by atoms with E-state index in [2.05, 4.69) is 142 Å². The maximum Gasteiger partial charge on any atom is 0.306 e. The third-order valence-electron chi connectivity index (χ3n) is 10.7. The van der Waals surface area contributed by atoms with Crippen LogP contribution < -0.4 is 0 Å². The minimum atomic E-state index is -0.804. The molecule has 6 nitrogen and oxygen atoms in total. The van der Waals surface area contributed by atoms with Crippen LogP contribution in [0.5, 0.6) is 0 Å². The van der Waals surface area contributed by atoms with Gasteiger partial charge in [-0.1, -0.05) is 213 Å². The van der Waals surface area contributed by atoms with Crippen LogP contribution in [0.2, 0.25) is 0 Å². The fourth-order valence-electron chi connectivity index (χ4n) is 6.73. The Hall–Kier alpha value is -4.19. The Bertz CT molecular complexity index is 1420. The van der Waals surface area contributed by atoms with E-state index in [1.54, 1.807) is 0 Å². The summed E-state index contributed by atoms with van der Waals surface area (Å²) in [4.78, 5) is 37.7. The predicted molar refractivity (Wildman–Crippen MR) is 283 cm³/mol. The summed E-state index contributed by atoms with van der Waals surface area (Å²) >= 11 is 0. The van der Waals surface area contributed by atoms with Gasteiger partial charge in [0.15, 0.2) is 6.10 Å². The quantitative estimate of drug-likeness (QED) is 0.0262. The van der Waals surface area contributed by atoms with E-state index in [4.69, 9.17) is 14.2 Å². The largest absolute Gasteiger partial charge is 0.462 e. The van der Waals surface area contributed by atoms with Gasteiger partial charge in [-0.05, 0) is 109 Å². The summed E-state index contributed by atoms with van der Waals surface area (Å²) in [6, 6.07) is 0. The van der Waals surface area contributed by atoms with E-state index in [-0.39, 0.29) is 37.5 Å². The summed E-state index contributed by atoms with van der Waals surface area (Å²) in [5.74, 6) is -0.991. The smallest absolute Gasteiger partial charge is 0.306 e. The van der Waals surface area contributed by atoms with Crippen LogP contribution in [0, 0.1) is 0 Å². The molecule has 0 aliphatic rings. The van der Waals surface area contributed by atoms with E-state index >= 15 is 0 Å². The molecule has 372 valence electrons. The summed E-state index contributed by atoms with van der Waals surface area (Å²) in [6.07, 6.45) is 73.7. The van der Waals surface area contributed by atoms with Crippen LogP contribution in [0.15, 0.2) is 122 Å². The first kappa shape index (κ1) is 61.8. The van der Waals surface area contributed by atoms with E-state index in [9.17, 15) is 14.4 Å². The standard InChI is InChI=1S/C60H96O6/c1-4-7-10-13-16-18-20-22-23-24-25-26-27-28-29-30-31-32-33-34-35-36-37-39-40-42-44-47-50-53-59(62)65-56-57(55-64-58(61)52-49-46-15-12-9-6-3)66-60(63)54-51-48-45-43-41-38-21-19-17-14-11-8-5-2/h7,10,16,18-19,21-23,25-26,28-29,31-32,34-35,37,39,42,44,57H,4-6,8-9,11-15,17,20,24,27,30,33,36,38,40-41,43,45-56H2,1-3H3/b10-7-,18-16-,21-19-,23-22-,26-25-,29-28-,32-31-,35-34-,39-37-,44-42-. The number of ether oxygens (including phenoxy) is 3. The Labute approximate surface area is 405 Å². The second-order valence-electron chi connectivity index (χ2n) is 17.1.